The quantitative estimate of drug-likeness (QED) is 0.347. The molecule has 1 atom stereocenters. The topological polar surface area (TPSA) is 86.8 Å². The van der Waals surface area contributed by atoms with Gasteiger partial charge in [0.05, 0.1) is 10.6 Å². The van der Waals surface area contributed by atoms with Crippen LogP contribution in [0.25, 0.3) is 0 Å². The SMILES string of the molecule is C[C@H](C(=O)NC(C)(C)C)N(Cc1c(Cl)cccc1Cl)C(=O)CN(c1ccccc1F)S(=O)(=O)c1ccccc1. The minimum atomic E-state index is -4.38. The average molecular weight is 595 g/mol. The average Bonchev–Trinajstić information content (AvgIpc) is 2.86. The molecule has 3 aromatic carbocycles. The molecule has 0 unspecified atom stereocenters. The first kappa shape index (κ1) is 30.4. The van der Waals surface area contributed by atoms with Gasteiger partial charge < -0.3 is 10.2 Å². The third kappa shape index (κ3) is 7.50. The van der Waals surface area contributed by atoms with Crippen LogP contribution in [-0.4, -0.2) is 43.3 Å². The van der Waals surface area contributed by atoms with E-state index in [0.29, 0.717) is 9.87 Å². The third-order valence-electron chi connectivity index (χ3n) is 5.79. The Labute approximate surface area is 238 Å². The summed E-state index contributed by atoms with van der Waals surface area (Å²) in [4.78, 5) is 28.1. The molecule has 0 bridgehead atoms. The molecule has 0 aliphatic rings. The number of amides is 2. The highest BCUT2D eigenvalue weighted by atomic mass is 35.5. The summed E-state index contributed by atoms with van der Waals surface area (Å²) in [6, 6.07) is 16.4. The summed E-state index contributed by atoms with van der Waals surface area (Å²) in [6.07, 6.45) is 0. The smallest absolute Gasteiger partial charge is 0.264 e. The van der Waals surface area contributed by atoms with E-state index in [1.54, 1.807) is 45.0 Å². The third-order valence-corrected chi connectivity index (χ3v) is 8.27. The second-order valence-electron chi connectivity index (χ2n) is 9.91. The van der Waals surface area contributed by atoms with Crippen LogP contribution in [-0.2, 0) is 26.2 Å². The predicted octanol–water partition coefficient (Wildman–Crippen LogP) is 5.66. The summed E-state index contributed by atoms with van der Waals surface area (Å²) in [5.74, 6) is -2.06. The van der Waals surface area contributed by atoms with E-state index in [1.165, 1.54) is 54.3 Å². The highest BCUT2D eigenvalue weighted by Gasteiger charge is 2.34. The number of rotatable bonds is 9. The number of benzene rings is 3. The van der Waals surface area contributed by atoms with Gasteiger partial charge >= 0.3 is 0 Å². The lowest BCUT2D eigenvalue weighted by Crippen LogP contribution is -2.54. The van der Waals surface area contributed by atoms with Crippen molar-refractivity contribution in [3.63, 3.8) is 0 Å². The van der Waals surface area contributed by atoms with Gasteiger partial charge in [-0.25, -0.2) is 12.8 Å². The van der Waals surface area contributed by atoms with Gasteiger partial charge in [0.15, 0.2) is 0 Å². The zero-order valence-electron chi connectivity index (χ0n) is 22.0. The largest absolute Gasteiger partial charge is 0.350 e. The second-order valence-corrected chi connectivity index (χ2v) is 12.6. The molecule has 0 aliphatic carbocycles. The first-order valence-electron chi connectivity index (χ1n) is 12.1. The van der Waals surface area contributed by atoms with E-state index >= 15 is 0 Å². The van der Waals surface area contributed by atoms with Crippen molar-refractivity contribution in [2.75, 3.05) is 10.8 Å². The van der Waals surface area contributed by atoms with Crippen molar-refractivity contribution in [2.24, 2.45) is 0 Å². The van der Waals surface area contributed by atoms with Gasteiger partial charge in [0.2, 0.25) is 11.8 Å². The van der Waals surface area contributed by atoms with Crippen molar-refractivity contribution in [1.82, 2.24) is 10.2 Å². The molecule has 1 N–H and O–H groups in total. The van der Waals surface area contributed by atoms with Crippen LogP contribution in [0.4, 0.5) is 10.1 Å². The van der Waals surface area contributed by atoms with Crippen LogP contribution in [0.1, 0.15) is 33.3 Å². The van der Waals surface area contributed by atoms with Gasteiger partial charge in [0.1, 0.15) is 18.4 Å². The van der Waals surface area contributed by atoms with Crippen LogP contribution in [0.2, 0.25) is 10.0 Å². The highest BCUT2D eigenvalue weighted by Crippen LogP contribution is 2.29. The van der Waals surface area contributed by atoms with Crippen LogP contribution < -0.4 is 9.62 Å². The number of hydrogen-bond acceptors (Lipinski definition) is 4. The molecule has 0 aromatic heterocycles. The molecule has 0 saturated heterocycles. The van der Waals surface area contributed by atoms with Gasteiger partial charge in [0, 0.05) is 27.7 Å². The Morgan fingerprint density at radius 1 is 0.923 bits per heavy atom. The molecule has 0 heterocycles. The van der Waals surface area contributed by atoms with E-state index in [9.17, 15) is 22.4 Å². The van der Waals surface area contributed by atoms with Crippen LogP contribution in [0, 0.1) is 5.82 Å². The number of anilines is 1. The molecule has 3 rings (SSSR count). The molecule has 0 saturated carbocycles. The Hall–Kier alpha value is -3.14. The molecule has 208 valence electrons. The summed E-state index contributed by atoms with van der Waals surface area (Å²) in [5, 5.41) is 3.37. The van der Waals surface area contributed by atoms with Gasteiger partial charge in [-0.05, 0) is 64.1 Å². The molecule has 7 nitrogen and oxygen atoms in total. The standard InChI is InChI=1S/C28H30Cl2FN3O4S/c1-19(27(36)32-28(2,3)4)33(17-21-22(29)13-10-14-23(21)30)26(35)18-34(25-16-9-8-15-24(25)31)39(37,38)20-11-6-5-7-12-20/h5-16,19H,17-18H2,1-4H3,(H,32,36)/t19-/m1/s1. The van der Waals surface area contributed by atoms with Gasteiger partial charge in [-0.1, -0.05) is 59.6 Å². The fourth-order valence-electron chi connectivity index (χ4n) is 3.80. The van der Waals surface area contributed by atoms with E-state index in [-0.39, 0.29) is 27.2 Å². The monoisotopic (exact) mass is 593 g/mol. The van der Waals surface area contributed by atoms with E-state index < -0.39 is 45.8 Å². The Morgan fingerprint density at radius 2 is 1.49 bits per heavy atom. The molecular weight excluding hydrogens is 564 g/mol. The minimum absolute atomic E-state index is 0.125. The van der Waals surface area contributed by atoms with Crippen molar-refractivity contribution in [3.05, 3.63) is 94.2 Å². The molecule has 0 spiro atoms. The normalized spacial score (nSPS) is 12.5. The van der Waals surface area contributed by atoms with Crippen LogP contribution in [0.3, 0.4) is 0 Å². The number of nitrogens with zero attached hydrogens (tertiary/aromatic N) is 2. The summed E-state index contributed by atoms with van der Waals surface area (Å²) in [7, 11) is -4.38. The predicted molar refractivity (Wildman–Crippen MR) is 152 cm³/mol. The first-order chi connectivity index (χ1) is 18.2. The number of halogens is 3. The van der Waals surface area contributed by atoms with Crippen molar-refractivity contribution in [1.29, 1.82) is 0 Å². The summed E-state index contributed by atoms with van der Waals surface area (Å²) < 4.78 is 43.0. The molecule has 0 radical (unpaired) electrons. The Bertz CT molecular complexity index is 1430. The zero-order chi connectivity index (χ0) is 29.0. The lowest BCUT2D eigenvalue weighted by atomic mass is 10.1. The zero-order valence-corrected chi connectivity index (χ0v) is 24.3. The maximum atomic E-state index is 14.9. The molecule has 0 fully saturated rings. The minimum Gasteiger partial charge on any atom is -0.350 e. The van der Waals surface area contributed by atoms with Crippen LogP contribution >= 0.6 is 23.2 Å². The second kappa shape index (κ2) is 12.4. The number of nitrogens with one attached hydrogen (secondary N) is 1. The molecule has 3 aromatic rings. The number of hydrogen-bond donors (Lipinski definition) is 1. The molecule has 0 aliphatic heterocycles. The molecule has 2 amide bonds. The molecular formula is C28H30Cl2FN3O4S. The van der Waals surface area contributed by atoms with Crippen LogP contribution in [0.5, 0.6) is 0 Å². The van der Waals surface area contributed by atoms with Crippen molar-refractivity contribution in [3.8, 4) is 0 Å². The van der Waals surface area contributed by atoms with E-state index in [2.05, 4.69) is 5.32 Å². The number of carbonyl (C=O) groups is 2. The fraction of sp³-hybridized carbons (Fsp3) is 0.286. The Morgan fingerprint density at radius 3 is 2.05 bits per heavy atom. The maximum absolute atomic E-state index is 14.9. The first-order valence-corrected chi connectivity index (χ1v) is 14.3. The maximum Gasteiger partial charge on any atom is 0.264 e. The molecule has 39 heavy (non-hydrogen) atoms. The number of para-hydroxylation sites is 1. The lowest BCUT2D eigenvalue weighted by Gasteiger charge is -2.33. The van der Waals surface area contributed by atoms with E-state index in [0.717, 1.165) is 6.07 Å². The number of sulfonamides is 1. The summed E-state index contributed by atoms with van der Waals surface area (Å²) >= 11 is 12.7. The summed E-state index contributed by atoms with van der Waals surface area (Å²) in [6.45, 7) is 5.92. The number of carbonyl (C=O) groups excluding carboxylic acids is 2. The van der Waals surface area contributed by atoms with Crippen molar-refractivity contribution in [2.45, 2.75) is 50.7 Å². The lowest BCUT2D eigenvalue weighted by molar-refractivity contribution is -0.140. The highest BCUT2D eigenvalue weighted by molar-refractivity contribution is 7.92. The van der Waals surface area contributed by atoms with Gasteiger partial charge in [0.25, 0.3) is 10.0 Å². The molecule has 11 heteroatoms. The van der Waals surface area contributed by atoms with Crippen molar-refractivity contribution < 1.29 is 22.4 Å². The Balaban J connectivity index is 2.08. The van der Waals surface area contributed by atoms with Gasteiger partial charge in [-0.2, -0.15) is 0 Å². The van der Waals surface area contributed by atoms with E-state index in [4.69, 9.17) is 23.2 Å². The van der Waals surface area contributed by atoms with Crippen molar-refractivity contribution >= 4 is 50.7 Å². The van der Waals surface area contributed by atoms with Crippen LogP contribution in [0.15, 0.2) is 77.7 Å². The van der Waals surface area contributed by atoms with E-state index in [1.807, 2.05) is 0 Å². The fourth-order valence-corrected chi connectivity index (χ4v) is 5.76. The van der Waals surface area contributed by atoms with Gasteiger partial charge in [-0.15, -0.1) is 0 Å². The van der Waals surface area contributed by atoms with Gasteiger partial charge in [-0.3, -0.25) is 13.9 Å². The summed E-state index contributed by atoms with van der Waals surface area (Å²) in [5.41, 5.74) is -0.525. The Kier molecular flexibility index (Phi) is 9.64.